The van der Waals surface area contributed by atoms with E-state index in [1.807, 2.05) is 18.7 Å². The fraction of sp³-hybridized carbons (Fsp3) is 0.600. The molecule has 1 N–H and O–H groups in total. The lowest BCUT2D eigenvalue weighted by atomic mass is 9.83. The zero-order chi connectivity index (χ0) is 18.6. The maximum atomic E-state index is 12.9. The van der Waals surface area contributed by atoms with Gasteiger partial charge in [-0.05, 0) is 47.9 Å². The number of carbonyl (C=O) groups is 2. The highest BCUT2D eigenvalue weighted by Gasteiger charge is 2.31. The van der Waals surface area contributed by atoms with Crippen molar-refractivity contribution < 1.29 is 14.0 Å². The minimum atomic E-state index is -0.425. The molecule has 2 rings (SSSR count). The molecule has 4 nitrogen and oxygen atoms in total. The zero-order valence-electron chi connectivity index (χ0n) is 15.6. The highest BCUT2D eigenvalue weighted by molar-refractivity contribution is 5.91. The lowest BCUT2D eigenvalue weighted by Gasteiger charge is -2.37. The Balaban J connectivity index is 1.88. The molecule has 0 radical (unpaired) electrons. The third-order valence-corrected chi connectivity index (χ3v) is 4.62. The van der Waals surface area contributed by atoms with Crippen LogP contribution in [0.2, 0.25) is 0 Å². The van der Waals surface area contributed by atoms with Crippen molar-refractivity contribution in [2.24, 2.45) is 17.3 Å². The number of benzene rings is 1. The van der Waals surface area contributed by atoms with Gasteiger partial charge in [-0.15, -0.1) is 0 Å². The van der Waals surface area contributed by atoms with E-state index in [0.29, 0.717) is 23.9 Å². The van der Waals surface area contributed by atoms with Crippen LogP contribution in [-0.2, 0) is 9.59 Å². The molecule has 0 aliphatic carbocycles. The molecule has 1 aromatic rings. The van der Waals surface area contributed by atoms with Gasteiger partial charge in [0.1, 0.15) is 5.82 Å². The molecule has 1 aliphatic rings. The normalized spacial score (nSPS) is 21.1. The Morgan fingerprint density at radius 2 is 1.68 bits per heavy atom. The van der Waals surface area contributed by atoms with Crippen molar-refractivity contribution in [2.45, 2.75) is 47.0 Å². The monoisotopic (exact) mass is 348 g/mol. The molecule has 2 amide bonds. The lowest BCUT2D eigenvalue weighted by molar-refractivity contribution is -0.136. The Morgan fingerprint density at radius 1 is 1.12 bits per heavy atom. The van der Waals surface area contributed by atoms with Crippen molar-refractivity contribution in [1.82, 2.24) is 4.90 Å². The van der Waals surface area contributed by atoms with Crippen LogP contribution in [0.15, 0.2) is 24.3 Å². The summed E-state index contributed by atoms with van der Waals surface area (Å²) in [6.07, 6.45) is 1.76. The average molecular weight is 348 g/mol. The zero-order valence-corrected chi connectivity index (χ0v) is 15.6. The van der Waals surface area contributed by atoms with Gasteiger partial charge >= 0.3 is 0 Å². The molecule has 0 aromatic heterocycles. The minimum absolute atomic E-state index is 0.123. The molecule has 2 atom stereocenters. The van der Waals surface area contributed by atoms with E-state index in [1.165, 1.54) is 24.3 Å². The van der Waals surface area contributed by atoms with Crippen LogP contribution in [0.1, 0.15) is 47.0 Å². The first-order valence-corrected chi connectivity index (χ1v) is 8.98. The van der Waals surface area contributed by atoms with Crippen LogP contribution < -0.4 is 5.32 Å². The van der Waals surface area contributed by atoms with Crippen LogP contribution >= 0.6 is 0 Å². The van der Waals surface area contributed by atoms with E-state index in [-0.39, 0.29) is 24.1 Å². The number of anilines is 1. The summed E-state index contributed by atoms with van der Waals surface area (Å²) in [5, 5.41) is 2.76. The second kappa shape index (κ2) is 7.98. The van der Waals surface area contributed by atoms with Gasteiger partial charge in [-0.2, -0.15) is 0 Å². The first-order valence-electron chi connectivity index (χ1n) is 8.98. The van der Waals surface area contributed by atoms with Crippen LogP contribution in [0.5, 0.6) is 0 Å². The van der Waals surface area contributed by atoms with Crippen LogP contribution in [0.4, 0.5) is 10.1 Å². The molecule has 5 heteroatoms. The average Bonchev–Trinajstić information content (AvgIpc) is 2.47. The minimum Gasteiger partial charge on any atom is -0.342 e. The van der Waals surface area contributed by atoms with Crippen molar-refractivity contribution in [3.8, 4) is 0 Å². The summed E-state index contributed by atoms with van der Waals surface area (Å²) < 4.78 is 12.9. The Morgan fingerprint density at radius 3 is 2.24 bits per heavy atom. The number of hydrogen-bond donors (Lipinski definition) is 1. The van der Waals surface area contributed by atoms with E-state index in [4.69, 9.17) is 0 Å². The quantitative estimate of drug-likeness (QED) is 0.872. The summed E-state index contributed by atoms with van der Waals surface area (Å²) in [7, 11) is 0. The van der Waals surface area contributed by atoms with Crippen LogP contribution in [0.3, 0.4) is 0 Å². The highest BCUT2D eigenvalue weighted by atomic mass is 19.1. The molecule has 1 heterocycles. The van der Waals surface area contributed by atoms with Gasteiger partial charge in [-0.1, -0.05) is 27.7 Å². The highest BCUT2D eigenvalue weighted by Crippen LogP contribution is 2.29. The third-order valence-electron chi connectivity index (χ3n) is 4.62. The fourth-order valence-corrected chi connectivity index (χ4v) is 3.62. The molecule has 1 saturated heterocycles. The van der Waals surface area contributed by atoms with Gasteiger partial charge in [0, 0.05) is 31.6 Å². The molecular weight excluding hydrogens is 319 g/mol. The topological polar surface area (TPSA) is 49.4 Å². The van der Waals surface area contributed by atoms with Crippen molar-refractivity contribution >= 4 is 17.5 Å². The molecule has 1 aliphatic heterocycles. The van der Waals surface area contributed by atoms with Crippen LogP contribution in [0, 0.1) is 23.1 Å². The second-order valence-corrected chi connectivity index (χ2v) is 8.32. The largest absolute Gasteiger partial charge is 0.342 e. The smallest absolute Gasteiger partial charge is 0.224 e. The summed E-state index contributed by atoms with van der Waals surface area (Å²) in [6, 6.07) is 5.68. The SMILES string of the molecule is C[C@@H]1C[C@H](C)CN(C(=O)CC(C)(C)CC(=O)Nc2ccc(F)cc2)C1. The van der Waals surface area contributed by atoms with Gasteiger partial charge in [0.05, 0.1) is 0 Å². The Bertz CT molecular complexity index is 603. The van der Waals surface area contributed by atoms with Crippen molar-refractivity contribution in [2.75, 3.05) is 18.4 Å². The van der Waals surface area contributed by atoms with Gasteiger partial charge < -0.3 is 10.2 Å². The Hall–Kier alpha value is -1.91. The van der Waals surface area contributed by atoms with Crippen LogP contribution in [-0.4, -0.2) is 29.8 Å². The number of nitrogens with zero attached hydrogens (tertiary/aromatic N) is 1. The van der Waals surface area contributed by atoms with Gasteiger partial charge in [-0.25, -0.2) is 4.39 Å². The summed E-state index contributed by atoms with van der Waals surface area (Å²) in [4.78, 5) is 26.8. The predicted molar refractivity (Wildman–Crippen MR) is 97.6 cm³/mol. The fourth-order valence-electron chi connectivity index (χ4n) is 3.62. The van der Waals surface area contributed by atoms with Crippen molar-refractivity contribution in [1.29, 1.82) is 0 Å². The van der Waals surface area contributed by atoms with E-state index >= 15 is 0 Å². The third kappa shape index (κ3) is 6.15. The molecule has 0 spiro atoms. The lowest BCUT2D eigenvalue weighted by Crippen LogP contribution is -2.44. The Labute approximate surface area is 149 Å². The summed E-state index contributed by atoms with van der Waals surface area (Å²) in [5.74, 6) is 0.673. The summed E-state index contributed by atoms with van der Waals surface area (Å²) in [6.45, 7) is 9.84. The number of likely N-dealkylation sites (tertiary alicyclic amines) is 1. The van der Waals surface area contributed by atoms with E-state index in [0.717, 1.165) is 19.5 Å². The van der Waals surface area contributed by atoms with E-state index in [1.54, 1.807) is 0 Å². The number of halogens is 1. The molecule has 0 saturated carbocycles. The molecule has 1 fully saturated rings. The number of hydrogen-bond acceptors (Lipinski definition) is 2. The molecule has 25 heavy (non-hydrogen) atoms. The molecular formula is C20H29FN2O2. The summed E-state index contributed by atoms with van der Waals surface area (Å²) in [5.41, 5.74) is 0.137. The summed E-state index contributed by atoms with van der Waals surface area (Å²) >= 11 is 0. The number of piperidine rings is 1. The predicted octanol–water partition coefficient (Wildman–Crippen LogP) is 4.08. The van der Waals surface area contributed by atoms with E-state index in [9.17, 15) is 14.0 Å². The number of rotatable bonds is 5. The van der Waals surface area contributed by atoms with Crippen molar-refractivity contribution in [3.63, 3.8) is 0 Å². The van der Waals surface area contributed by atoms with Gasteiger partial charge in [0.15, 0.2) is 0 Å². The standard InChI is InChI=1S/C20H29FN2O2/c1-14-9-15(2)13-23(12-14)19(25)11-20(3,4)10-18(24)22-17-7-5-16(21)6-8-17/h5-8,14-15H,9-13H2,1-4H3,(H,22,24)/t14-,15+. The maximum absolute atomic E-state index is 12.9. The molecule has 0 bridgehead atoms. The molecule has 138 valence electrons. The van der Waals surface area contributed by atoms with Gasteiger partial charge in [0.2, 0.25) is 11.8 Å². The number of carbonyl (C=O) groups excluding carboxylic acids is 2. The van der Waals surface area contributed by atoms with Gasteiger partial charge in [0.25, 0.3) is 0 Å². The van der Waals surface area contributed by atoms with Crippen molar-refractivity contribution in [3.05, 3.63) is 30.1 Å². The van der Waals surface area contributed by atoms with E-state index in [2.05, 4.69) is 19.2 Å². The molecule has 0 unspecified atom stereocenters. The van der Waals surface area contributed by atoms with Gasteiger partial charge in [-0.3, -0.25) is 9.59 Å². The molecule has 1 aromatic carbocycles. The van der Waals surface area contributed by atoms with E-state index < -0.39 is 5.41 Å². The maximum Gasteiger partial charge on any atom is 0.224 e. The Kier molecular flexibility index (Phi) is 6.20. The number of nitrogens with one attached hydrogen (secondary N) is 1. The first kappa shape index (κ1) is 19.4. The van der Waals surface area contributed by atoms with Crippen LogP contribution in [0.25, 0.3) is 0 Å². The first-order chi connectivity index (χ1) is 11.6. The second-order valence-electron chi connectivity index (χ2n) is 8.32. The number of amides is 2.